The number of rotatable bonds is 10. The van der Waals surface area contributed by atoms with E-state index < -0.39 is 64.9 Å². The predicted octanol–water partition coefficient (Wildman–Crippen LogP) is 5.81. The second kappa shape index (κ2) is 13.7. The molecule has 0 aliphatic heterocycles. The molecule has 0 aliphatic rings. The number of nitrogens with one attached hydrogen (secondary N) is 3. The van der Waals surface area contributed by atoms with Crippen LogP contribution in [0.15, 0.2) is 119 Å². The average Bonchev–Trinajstić information content (AvgIpc) is 3.47. The number of nitrogens with zero attached hydrogens (tertiary/aromatic N) is 2. The van der Waals surface area contributed by atoms with Gasteiger partial charge in [0.1, 0.15) is 5.82 Å². The molecule has 0 spiro atoms. The van der Waals surface area contributed by atoms with Crippen molar-refractivity contribution < 1.29 is 44.0 Å². The van der Waals surface area contributed by atoms with E-state index in [1.54, 1.807) is 24.3 Å². The maximum absolute atomic E-state index is 13.9. The first-order valence-electron chi connectivity index (χ1n) is 14.7. The van der Waals surface area contributed by atoms with Gasteiger partial charge in [-0.3, -0.25) is 23.6 Å². The molecule has 1 amide bonds. The highest BCUT2D eigenvalue weighted by Crippen LogP contribution is 2.23. The van der Waals surface area contributed by atoms with Crippen molar-refractivity contribution in [2.45, 2.75) is 16.3 Å². The van der Waals surface area contributed by atoms with Gasteiger partial charge in [0.15, 0.2) is 23.3 Å². The van der Waals surface area contributed by atoms with E-state index in [9.17, 15) is 44.0 Å². The minimum Gasteiger partial charge on any atom is -0.345 e. The number of carbonyl (C=O) groups excluding carboxylic acids is 2. The first-order valence-corrected chi connectivity index (χ1v) is 17.6. The van der Waals surface area contributed by atoms with Gasteiger partial charge in [-0.2, -0.15) is 0 Å². The summed E-state index contributed by atoms with van der Waals surface area (Å²) in [6, 6.07) is 21.5. The summed E-state index contributed by atoms with van der Waals surface area (Å²) in [6.07, 6.45) is 0. The summed E-state index contributed by atoms with van der Waals surface area (Å²) in [6.45, 7) is -0.285. The smallest absolute Gasteiger partial charge is 0.263 e. The molecule has 0 radical (unpaired) electrons. The number of anilines is 2. The molecule has 11 nitrogen and oxygen atoms in total. The normalized spacial score (nSPS) is 11.7. The monoisotopic (exact) mass is 737 g/mol. The molecule has 1 aromatic heterocycles. The van der Waals surface area contributed by atoms with E-state index in [2.05, 4.69) is 19.7 Å². The summed E-state index contributed by atoms with van der Waals surface area (Å²) in [5, 5.41) is 2.64. The molecule has 3 N–H and O–H groups in total. The molecule has 0 saturated heterocycles. The number of aromatic nitrogens is 2. The van der Waals surface area contributed by atoms with Crippen LogP contribution in [0.2, 0.25) is 0 Å². The summed E-state index contributed by atoms with van der Waals surface area (Å²) >= 11 is 0. The molecule has 0 bridgehead atoms. The largest absolute Gasteiger partial charge is 0.345 e. The maximum Gasteiger partial charge on any atom is 0.263 e. The lowest BCUT2D eigenvalue weighted by Gasteiger charge is -2.12. The third kappa shape index (κ3) is 7.43. The Labute approximate surface area is 287 Å². The van der Waals surface area contributed by atoms with E-state index in [-0.39, 0.29) is 34.9 Å². The van der Waals surface area contributed by atoms with Gasteiger partial charge in [0.25, 0.3) is 31.9 Å². The minimum absolute atomic E-state index is 0.00972. The molecule has 6 rings (SSSR count). The highest BCUT2D eigenvalue weighted by Gasteiger charge is 2.22. The fourth-order valence-corrected chi connectivity index (χ4v) is 7.09. The molecular formula is C34H23F4N5O6S2. The van der Waals surface area contributed by atoms with Crippen molar-refractivity contribution in [3.05, 3.63) is 149 Å². The molecule has 0 saturated carbocycles. The lowest BCUT2D eigenvalue weighted by Crippen LogP contribution is -2.26. The van der Waals surface area contributed by atoms with Crippen LogP contribution >= 0.6 is 0 Å². The number of carbonyl (C=O) groups is 2. The molecule has 0 fully saturated rings. The molecule has 0 unspecified atom stereocenters. The third-order valence-corrected chi connectivity index (χ3v) is 10.1. The van der Waals surface area contributed by atoms with Crippen molar-refractivity contribution in [3.63, 3.8) is 0 Å². The number of imidazole rings is 1. The fourth-order valence-electron chi connectivity index (χ4n) is 4.97. The van der Waals surface area contributed by atoms with Gasteiger partial charge in [-0.05, 0) is 84.9 Å². The molecule has 17 heteroatoms. The predicted molar refractivity (Wildman–Crippen MR) is 178 cm³/mol. The van der Waals surface area contributed by atoms with Crippen molar-refractivity contribution in [1.82, 2.24) is 14.9 Å². The van der Waals surface area contributed by atoms with Gasteiger partial charge >= 0.3 is 0 Å². The SMILES string of the molecule is O=C(NCc1nc2ccccc2n1C(=O)c1cccc(NS(=O)(=O)c2ccc(F)c(F)c2)c1)c1cccc(NS(=O)(=O)c2ccc(F)c(F)c2)c1. The van der Waals surface area contributed by atoms with E-state index in [1.807, 2.05) is 0 Å². The van der Waals surface area contributed by atoms with Gasteiger partial charge in [-0.15, -0.1) is 0 Å². The Morgan fingerprint density at radius 1 is 0.608 bits per heavy atom. The zero-order valence-corrected chi connectivity index (χ0v) is 27.4. The van der Waals surface area contributed by atoms with Crippen LogP contribution in [0.3, 0.4) is 0 Å². The van der Waals surface area contributed by atoms with Crippen LogP contribution < -0.4 is 14.8 Å². The molecule has 6 aromatic rings. The van der Waals surface area contributed by atoms with Crippen LogP contribution in [0.4, 0.5) is 28.9 Å². The molecule has 260 valence electrons. The van der Waals surface area contributed by atoms with E-state index in [1.165, 1.54) is 53.1 Å². The van der Waals surface area contributed by atoms with E-state index in [0.29, 0.717) is 35.3 Å². The van der Waals surface area contributed by atoms with Crippen LogP contribution in [0.25, 0.3) is 11.0 Å². The van der Waals surface area contributed by atoms with Crippen molar-refractivity contribution >= 4 is 54.3 Å². The van der Waals surface area contributed by atoms with Crippen molar-refractivity contribution in [2.75, 3.05) is 9.44 Å². The second-order valence-corrected chi connectivity index (χ2v) is 14.2. The van der Waals surface area contributed by atoms with Crippen LogP contribution in [-0.4, -0.2) is 38.2 Å². The average molecular weight is 738 g/mol. The number of amides is 1. The standard InChI is InChI=1S/C34H23F4N5O6S2/c35-26-13-11-24(17-28(26)37)50(46,47)41-22-7-3-5-20(15-22)33(44)39-19-32-40-30-9-1-2-10-31(30)43(32)34(45)21-6-4-8-23(16-21)42-51(48,49)25-12-14-27(36)29(38)18-25/h1-18,41-42H,19H2,(H,39,44). The zero-order chi connectivity index (χ0) is 36.5. The highest BCUT2D eigenvalue weighted by molar-refractivity contribution is 7.93. The Morgan fingerprint density at radius 3 is 1.71 bits per heavy atom. The van der Waals surface area contributed by atoms with Crippen LogP contribution in [0.1, 0.15) is 26.5 Å². The first-order chi connectivity index (χ1) is 24.2. The van der Waals surface area contributed by atoms with E-state index >= 15 is 0 Å². The number of hydrogen-bond acceptors (Lipinski definition) is 7. The van der Waals surface area contributed by atoms with E-state index in [0.717, 1.165) is 12.1 Å². The number of sulfonamides is 2. The lowest BCUT2D eigenvalue weighted by atomic mass is 10.2. The third-order valence-electron chi connectivity index (χ3n) is 7.38. The second-order valence-electron chi connectivity index (χ2n) is 10.9. The lowest BCUT2D eigenvalue weighted by molar-refractivity contribution is 0.0932. The summed E-state index contributed by atoms with van der Waals surface area (Å²) in [4.78, 5) is 30.5. The number of halogens is 4. The fraction of sp³-hybridized carbons (Fsp3) is 0.0294. The Balaban J connectivity index is 1.22. The van der Waals surface area contributed by atoms with Crippen molar-refractivity contribution in [3.8, 4) is 0 Å². The first kappa shape index (κ1) is 34.8. The summed E-state index contributed by atoms with van der Waals surface area (Å²) < 4.78 is 111. The van der Waals surface area contributed by atoms with Gasteiger partial charge in [0.05, 0.1) is 27.4 Å². The Morgan fingerprint density at radius 2 is 1.14 bits per heavy atom. The van der Waals surface area contributed by atoms with E-state index in [4.69, 9.17) is 0 Å². The molecule has 5 aromatic carbocycles. The molecular weight excluding hydrogens is 715 g/mol. The zero-order valence-electron chi connectivity index (χ0n) is 25.8. The summed E-state index contributed by atoms with van der Waals surface area (Å²) in [5.74, 6) is -6.38. The van der Waals surface area contributed by atoms with Gasteiger partial charge in [-0.25, -0.2) is 39.4 Å². The molecule has 51 heavy (non-hydrogen) atoms. The topological polar surface area (TPSA) is 156 Å². The van der Waals surface area contributed by atoms with Crippen molar-refractivity contribution in [1.29, 1.82) is 0 Å². The number of para-hydroxylation sites is 2. The summed E-state index contributed by atoms with van der Waals surface area (Å²) in [5.41, 5.74) is 0.694. The number of fused-ring (bicyclic) bond motifs is 1. The van der Waals surface area contributed by atoms with Gasteiger partial charge in [0.2, 0.25) is 0 Å². The highest BCUT2D eigenvalue weighted by atomic mass is 32.2. The van der Waals surface area contributed by atoms with Gasteiger partial charge in [-0.1, -0.05) is 24.3 Å². The van der Waals surface area contributed by atoms with Gasteiger partial charge in [0, 0.05) is 22.5 Å². The molecule has 0 aliphatic carbocycles. The molecule has 0 atom stereocenters. The van der Waals surface area contributed by atoms with Crippen LogP contribution in [0.5, 0.6) is 0 Å². The minimum atomic E-state index is -4.37. The van der Waals surface area contributed by atoms with Gasteiger partial charge < -0.3 is 5.32 Å². The Kier molecular flexibility index (Phi) is 9.33. The Hall–Kier alpha value is -6.07. The summed E-state index contributed by atoms with van der Waals surface area (Å²) in [7, 11) is -8.71. The van der Waals surface area contributed by atoms with Crippen LogP contribution in [-0.2, 0) is 26.6 Å². The quantitative estimate of drug-likeness (QED) is 0.150. The van der Waals surface area contributed by atoms with Crippen LogP contribution in [0, 0.1) is 23.3 Å². The maximum atomic E-state index is 13.9. The number of hydrogen-bond donors (Lipinski definition) is 3. The number of benzene rings is 5. The Bertz CT molecular complexity index is 2580. The van der Waals surface area contributed by atoms with Crippen molar-refractivity contribution in [2.24, 2.45) is 0 Å². The molecule has 1 heterocycles.